The number of halogens is 1. The van der Waals surface area contributed by atoms with E-state index >= 15 is 0 Å². The third-order valence-corrected chi connectivity index (χ3v) is 8.99. The Morgan fingerprint density at radius 3 is 2.55 bits per heavy atom. The van der Waals surface area contributed by atoms with Crippen LogP contribution in [0.2, 0.25) is 0 Å². The van der Waals surface area contributed by atoms with Gasteiger partial charge in [-0.1, -0.05) is 52.0 Å². The van der Waals surface area contributed by atoms with E-state index < -0.39 is 0 Å². The van der Waals surface area contributed by atoms with E-state index in [1.807, 2.05) is 0 Å². The van der Waals surface area contributed by atoms with Gasteiger partial charge in [-0.25, -0.2) is 0 Å². The summed E-state index contributed by atoms with van der Waals surface area (Å²) in [7, 11) is 4.28. The second-order valence-corrected chi connectivity index (χ2v) is 11.0. The first-order chi connectivity index (χ1) is 13.5. The zero-order valence-electron chi connectivity index (χ0n) is 18.5. The van der Waals surface area contributed by atoms with E-state index in [9.17, 15) is 0 Å². The van der Waals surface area contributed by atoms with Gasteiger partial charge in [0.2, 0.25) is 0 Å². The van der Waals surface area contributed by atoms with Crippen LogP contribution in [0.1, 0.15) is 63.8 Å². The maximum Gasteiger partial charge on any atom is 0.0797 e. The lowest BCUT2D eigenvalue weighted by Crippen LogP contribution is -2.91. The van der Waals surface area contributed by atoms with Gasteiger partial charge in [-0.05, 0) is 41.9 Å². The Hall–Kier alpha value is -1.51. The number of nitrogens with one attached hydrogen (secondary N) is 1. The second-order valence-electron chi connectivity index (χ2n) is 10.5. The van der Waals surface area contributed by atoms with Gasteiger partial charge in [0, 0.05) is 33.3 Å². The minimum atomic E-state index is -0.188. The number of alkyl halides is 1. The van der Waals surface area contributed by atoms with Crippen molar-refractivity contribution in [3.05, 3.63) is 67.4 Å². The largest absolute Gasteiger partial charge is 0.475 e. The van der Waals surface area contributed by atoms with Gasteiger partial charge in [-0.15, -0.1) is 24.8 Å². The molecule has 29 heavy (non-hydrogen) atoms. The molecule has 1 fully saturated rings. The van der Waals surface area contributed by atoms with Gasteiger partial charge in [0.05, 0.1) is 11.5 Å². The molecule has 2 aromatic rings. The fraction of sp³-hybridized carbons (Fsp3) is 0.500. The van der Waals surface area contributed by atoms with E-state index in [1.165, 1.54) is 27.7 Å². The summed E-state index contributed by atoms with van der Waals surface area (Å²) < 4.78 is 0. The second kappa shape index (κ2) is 6.49. The molecule has 5 unspecified atom stereocenters. The van der Waals surface area contributed by atoms with Crippen LogP contribution in [0, 0.1) is 18.4 Å². The number of hydrogen-bond acceptors (Lipinski definition) is 0. The van der Waals surface area contributed by atoms with Crippen LogP contribution in [0.25, 0.3) is 10.9 Å². The van der Waals surface area contributed by atoms with Crippen molar-refractivity contribution < 1.29 is 5.32 Å². The molecule has 0 spiro atoms. The summed E-state index contributed by atoms with van der Waals surface area (Å²) in [5.74, 6) is 0.785. The number of aromatic nitrogens is 1. The normalized spacial score (nSPS) is 33.3. The van der Waals surface area contributed by atoms with E-state index in [0.29, 0.717) is 11.8 Å². The Morgan fingerprint density at radius 2 is 1.97 bits per heavy atom. The lowest BCUT2D eigenvalue weighted by atomic mass is 9.50. The molecule has 1 heterocycles. The van der Waals surface area contributed by atoms with Crippen molar-refractivity contribution in [1.29, 1.82) is 0 Å². The molecule has 0 aliphatic heterocycles. The molecule has 2 aliphatic rings. The highest BCUT2D eigenvalue weighted by molar-refractivity contribution is 6.21. The molecule has 1 saturated carbocycles. The lowest BCUT2D eigenvalue weighted by Gasteiger charge is -2.56. The van der Waals surface area contributed by atoms with Crippen molar-refractivity contribution in [2.75, 3.05) is 0 Å². The molecule has 4 rings (SSSR count). The molecule has 5 atom stereocenters. The van der Waals surface area contributed by atoms with Crippen LogP contribution in [-0.4, -0.2) is 16.4 Å². The highest BCUT2D eigenvalue weighted by Crippen LogP contribution is 2.60. The summed E-state index contributed by atoms with van der Waals surface area (Å²) in [6.07, 6.45) is 5.11. The van der Waals surface area contributed by atoms with Gasteiger partial charge in [0.25, 0.3) is 0 Å². The van der Waals surface area contributed by atoms with Gasteiger partial charge in [-0.3, -0.25) is 0 Å². The molecular weight excluding hydrogens is 376 g/mol. The molecule has 0 radical (unpaired) electrons. The summed E-state index contributed by atoms with van der Waals surface area (Å²) in [6, 6.07) is 6.94. The molecule has 156 valence electrons. The first-order valence-electron chi connectivity index (χ1n) is 10.7. The molecule has 3 heteroatoms. The van der Waals surface area contributed by atoms with E-state index in [2.05, 4.69) is 95.5 Å². The minimum absolute atomic E-state index is 0.0336. The minimum Gasteiger partial charge on any atom is -0.475 e. The summed E-state index contributed by atoms with van der Waals surface area (Å²) in [5, 5.41) is 3.58. The van der Waals surface area contributed by atoms with Crippen LogP contribution in [0.4, 0.5) is 0 Å². The van der Waals surface area contributed by atoms with E-state index in [1.54, 1.807) is 0 Å². The molecule has 2 aliphatic carbocycles. The average molecular weight is 411 g/mol. The standard InChI is InChI=1S/C26H35ClN2/c1-9-24(3,4)22-21-19-15(12-11-13-17(19)29-22)25(5,6)16-14-18(27)26(7,10-2)23(28-8)20(16)21/h9-13,16,18,20,23,29H,1-2,8,14,28H2,3-7H3. The maximum absolute atomic E-state index is 7.06. The Bertz CT molecular complexity index is 982. The third-order valence-electron chi connectivity index (χ3n) is 8.34. The smallest absolute Gasteiger partial charge is 0.0797 e. The fourth-order valence-electron chi connectivity index (χ4n) is 6.21. The SMILES string of the molecule is C=CC(C)(C)c1[nH]c2cccc3c2c1C1C(CC(Cl)C(C)(C=C)C1[NH2+][CH2-])C3(C)C. The monoisotopic (exact) mass is 410 g/mol. The van der Waals surface area contributed by atoms with Crippen molar-refractivity contribution in [2.45, 2.75) is 69.2 Å². The highest BCUT2D eigenvalue weighted by atomic mass is 35.5. The van der Waals surface area contributed by atoms with Crippen LogP contribution >= 0.6 is 11.6 Å². The lowest BCUT2D eigenvalue weighted by molar-refractivity contribution is -0.654. The molecule has 1 aromatic heterocycles. The molecule has 3 N–H and O–H groups in total. The number of H-pyrrole nitrogens is 1. The van der Waals surface area contributed by atoms with Crippen LogP contribution in [-0.2, 0) is 10.8 Å². The van der Waals surface area contributed by atoms with Gasteiger partial charge in [0.15, 0.2) is 0 Å². The number of hydrogen-bond donors (Lipinski definition) is 2. The number of nitrogens with two attached hydrogens (primary N) is 1. The Kier molecular flexibility index (Phi) is 4.65. The first-order valence-corrected chi connectivity index (χ1v) is 11.2. The van der Waals surface area contributed by atoms with Gasteiger partial charge < -0.3 is 10.3 Å². The first kappa shape index (κ1) is 20.8. The average Bonchev–Trinajstić information content (AvgIpc) is 3.08. The predicted molar refractivity (Wildman–Crippen MR) is 124 cm³/mol. The summed E-state index contributed by atoms with van der Waals surface area (Å²) in [5.41, 5.74) is 5.09. The van der Waals surface area contributed by atoms with Crippen molar-refractivity contribution in [3.8, 4) is 0 Å². The Labute approximate surface area is 180 Å². The molecule has 1 aromatic carbocycles. The number of benzene rings is 1. The van der Waals surface area contributed by atoms with Crippen molar-refractivity contribution >= 4 is 22.5 Å². The van der Waals surface area contributed by atoms with Crippen LogP contribution in [0.5, 0.6) is 0 Å². The van der Waals surface area contributed by atoms with Gasteiger partial charge >= 0.3 is 0 Å². The number of rotatable bonds is 4. The summed E-state index contributed by atoms with van der Waals surface area (Å²) in [4.78, 5) is 3.79. The number of fused-ring (bicyclic) bond motifs is 2. The zero-order valence-corrected chi connectivity index (χ0v) is 19.2. The topological polar surface area (TPSA) is 32.4 Å². The van der Waals surface area contributed by atoms with E-state index in [4.69, 9.17) is 11.6 Å². The summed E-state index contributed by atoms with van der Waals surface area (Å²) >= 11 is 7.06. The predicted octanol–water partition coefficient (Wildman–Crippen LogP) is 5.55. The quantitative estimate of drug-likeness (QED) is 0.376. The van der Waals surface area contributed by atoms with Gasteiger partial charge in [-0.2, -0.15) is 7.05 Å². The molecule has 0 saturated heterocycles. The van der Waals surface area contributed by atoms with Crippen LogP contribution < -0.4 is 5.32 Å². The molecule has 2 nitrogen and oxygen atoms in total. The van der Waals surface area contributed by atoms with Crippen molar-refractivity contribution in [1.82, 2.24) is 4.98 Å². The molecular formula is C26H35ClN2. The van der Waals surface area contributed by atoms with Crippen LogP contribution in [0.15, 0.2) is 43.5 Å². The molecule has 0 bridgehead atoms. The zero-order chi connectivity index (χ0) is 21.4. The third kappa shape index (κ3) is 2.58. The fourth-order valence-corrected chi connectivity index (χ4v) is 6.64. The Balaban J connectivity index is 2.12. The van der Waals surface area contributed by atoms with Gasteiger partial charge in [0.1, 0.15) is 0 Å². The molecule has 0 amide bonds. The van der Waals surface area contributed by atoms with Crippen LogP contribution in [0.3, 0.4) is 0 Å². The van der Waals surface area contributed by atoms with E-state index in [-0.39, 0.29) is 27.7 Å². The number of aromatic amines is 1. The maximum atomic E-state index is 7.06. The number of allylic oxidation sites excluding steroid dienone is 1. The summed E-state index contributed by atoms with van der Waals surface area (Å²) in [6.45, 7) is 19.9. The number of quaternary nitrogens is 1. The Morgan fingerprint density at radius 1 is 1.28 bits per heavy atom. The highest BCUT2D eigenvalue weighted by Gasteiger charge is 2.58. The van der Waals surface area contributed by atoms with Crippen molar-refractivity contribution in [3.63, 3.8) is 0 Å². The van der Waals surface area contributed by atoms with Crippen molar-refractivity contribution in [2.24, 2.45) is 11.3 Å². The van der Waals surface area contributed by atoms with E-state index in [0.717, 1.165) is 6.42 Å².